The van der Waals surface area contributed by atoms with Crippen LogP contribution in [0.1, 0.15) is 19.8 Å². The normalized spacial score (nSPS) is 16.6. The van der Waals surface area contributed by atoms with Crippen LogP contribution in [-0.2, 0) is 0 Å². The monoisotopic (exact) mass is 322 g/mol. The van der Waals surface area contributed by atoms with Crippen molar-refractivity contribution in [3.8, 4) is 11.4 Å². The molecule has 0 saturated carbocycles. The minimum Gasteiger partial charge on any atom is -0.494 e. The molecule has 0 saturated heterocycles. The average Bonchev–Trinajstić information content (AvgIpc) is 3.25. The third kappa shape index (κ3) is 2.80. The van der Waals surface area contributed by atoms with Gasteiger partial charge in [-0.15, -0.1) is 5.10 Å². The Morgan fingerprint density at radius 1 is 1.29 bits per heavy atom. The molecule has 1 aromatic carbocycles. The molecule has 0 spiro atoms. The van der Waals surface area contributed by atoms with Crippen LogP contribution in [0.3, 0.4) is 0 Å². The lowest BCUT2D eigenvalue weighted by Crippen LogP contribution is -2.15. The molecule has 4 rings (SSSR count). The summed E-state index contributed by atoms with van der Waals surface area (Å²) in [6.45, 7) is 2.60. The van der Waals surface area contributed by atoms with Gasteiger partial charge < -0.3 is 10.1 Å². The highest BCUT2D eigenvalue weighted by atomic mass is 16.5. The van der Waals surface area contributed by atoms with E-state index in [1.54, 1.807) is 10.9 Å². The predicted molar refractivity (Wildman–Crippen MR) is 91.4 cm³/mol. The number of fused-ring (bicyclic) bond motifs is 1. The molecule has 0 amide bonds. The number of benzene rings is 1. The largest absolute Gasteiger partial charge is 0.494 e. The Morgan fingerprint density at radius 2 is 2.17 bits per heavy atom. The number of nitrogens with zero attached hydrogens (tertiary/aromatic N) is 5. The fraction of sp³-hybridized carbons (Fsp3) is 0.294. The molecule has 2 aromatic heterocycles. The van der Waals surface area contributed by atoms with E-state index in [1.807, 2.05) is 31.2 Å². The SMILES string of the molecule is CCOc1ccc(-n2nnc3cnc(N[C@@H]4C=CCC4)nc32)cc1. The van der Waals surface area contributed by atoms with Crippen LogP contribution in [0.2, 0.25) is 0 Å². The molecule has 1 atom stereocenters. The zero-order chi connectivity index (χ0) is 16.4. The number of anilines is 1. The van der Waals surface area contributed by atoms with Crippen molar-refractivity contribution in [2.45, 2.75) is 25.8 Å². The molecule has 0 bridgehead atoms. The van der Waals surface area contributed by atoms with Crippen molar-refractivity contribution in [3.63, 3.8) is 0 Å². The van der Waals surface area contributed by atoms with Gasteiger partial charge in [-0.1, -0.05) is 17.4 Å². The highest BCUT2D eigenvalue weighted by molar-refractivity contribution is 5.72. The molecular formula is C17H18N6O. The number of allylic oxidation sites excluding steroid dienone is 1. The highest BCUT2D eigenvalue weighted by Gasteiger charge is 2.13. The Bertz CT molecular complexity index is 870. The zero-order valence-corrected chi connectivity index (χ0v) is 13.4. The van der Waals surface area contributed by atoms with E-state index in [9.17, 15) is 0 Å². The second-order valence-corrected chi connectivity index (χ2v) is 5.59. The first-order chi connectivity index (χ1) is 11.8. The highest BCUT2D eigenvalue weighted by Crippen LogP contribution is 2.19. The Morgan fingerprint density at radius 3 is 2.92 bits per heavy atom. The minimum absolute atomic E-state index is 0.289. The lowest BCUT2D eigenvalue weighted by Gasteiger charge is -2.10. The fourth-order valence-electron chi connectivity index (χ4n) is 2.74. The van der Waals surface area contributed by atoms with E-state index < -0.39 is 0 Å². The van der Waals surface area contributed by atoms with E-state index in [0.29, 0.717) is 23.7 Å². The van der Waals surface area contributed by atoms with Gasteiger partial charge in [-0.05, 0) is 44.0 Å². The summed E-state index contributed by atoms with van der Waals surface area (Å²) in [4.78, 5) is 8.91. The Hall–Kier alpha value is -2.96. The summed E-state index contributed by atoms with van der Waals surface area (Å²) < 4.78 is 7.18. The quantitative estimate of drug-likeness (QED) is 0.728. The van der Waals surface area contributed by atoms with Crippen molar-refractivity contribution in [3.05, 3.63) is 42.6 Å². The van der Waals surface area contributed by atoms with E-state index in [1.165, 1.54) is 0 Å². The van der Waals surface area contributed by atoms with E-state index in [-0.39, 0.29) is 6.04 Å². The van der Waals surface area contributed by atoms with Gasteiger partial charge in [-0.25, -0.2) is 4.98 Å². The Labute approximate surface area is 139 Å². The molecule has 7 nitrogen and oxygen atoms in total. The van der Waals surface area contributed by atoms with E-state index in [0.717, 1.165) is 24.3 Å². The number of nitrogens with one attached hydrogen (secondary N) is 1. The zero-order valence-electron chi connectivity index (χ0n) is 13.4. The molecule has 2 heterocycles. The fourth-order valence-corrected chi connectivity index (χ4v) is 2.74. The lowest BCUT2D eigenvalue weighted by molar-refractivity contribution is 0.340. The summed E-state index contributed by atoms with van der Waals surface area (Å²) in [6, 6.07) is 7.99. The van der Waals surface area contributed by atoms with Crippen molar-refractivity contribution in [1.82, 2.24) is 25.0 Å². The van der Waals surface area contributed by atoms with Crippen LogP contribution in [0, 0.1) is 0 Å². The minimum atomic E-state index is 0.289. The number of hydrogen-bond acceptors (Lipinski definition) is 6. The summed E-state index contributed by atoms with van der Waals surface area (Å²) >= 11 is 0. The number of hydrogen-bond donors (Lipinski definition) is 1. The van der Waals surface area contributed by atoms with Gasteiger partial charge in [0.1, 0.15) is 5.75 Å². The number of aromatic nitrogens is 5. The van der Waals surface area contributed by atoms with Gasteiger partial charge in [-0.2, -0.15) is 9.67 Å². The average molecular weight is 322 g/mol. The first kappa shape index (κ1) is 14.6. The predicted octanol–water partition coefficient (Wildman–Crippen LogP) is 2.74. The Kier molecular flexibility index (Phi) is 3.82. The van der Waals surface area contributed by atoms with Gasteiger partial charge in [0.15, 0.2) is 11.2 Å². The molecule has 0 unspecified atom stereocenters. The smallest absolute Gasteiger partial charge is 0.225 e. The summed E-state index contributed by atoms with van der Waals surface area (Å²) in [5, 5.41) is 11.7. The topological polar surface area (TPSA) is 77.8 Å². The molecule has 0 aliphatic heterocycles. The molecule has 1 N–H and O–H groups in total. The molecule has 0 radical (unpaired) electrons. The van der Waals surface area contributed by atoms with Crippen LogP contribution in [0.5, 0.6) is 5.75 Å². The van der Waals surface area contributed by atoms with Crippen LogP contribution in [0.25, 0.3) is 16.9 Å². The molecule has 122 valence electrons. The summed E-state index contributed by atoms with van der Waals surface area (Å²) in [5.74, 6) is 1.42. The van der Waals surface area contributed by atoms with Gasteiger partial charge >= 0.3 is 0 Å². The van der Waals surface area contributed by atoms with Crippen LogP contribution in [0.4, 0.5) is 5.95 Å². The molecule has 24 heavy (non-hydrogen) atoms. The van der Waals surface area contributed by atoms with Crippen molar-refractivity contribution in [1.29, 1.82) is 0 Å². The van der Waals surface area contributed by atoms with Gasteiger partial charge in [0.2, 0.25) is 5.95 Å². The molecule has 1 aliphatic carbocycles. The van der Waals surface area contributed by atoms with Gasteiger partial charge in [0, 0.05) is 6.04 Å². The van der Waals surface area contributed by atoms with E-state index in [2.05, 4.69) is 37.7 Å². The first-order valence-corrected chi connectivity index (χ1v) is 8.08. The van der Waals surface area contributed by atoms with Crippen LogP contribution in [0.15, 0.2) is 42.6 Å². The van der Waals surface area contributed by atoms with Gasteiger partial charge in [0.05, 0.1) is 18.5 Å². The van der Waals surface area contributed by atoms with E-state index in [4.69, 9.17) is 4.74 Å². The van der Waals surface area contributed by atoms with Crippen LogP contribution in [-0.4, -0.2) is 37.6 Å². The van der Waals surface area contributed by atoms with E-state index >= 15 is 0 Å². The summed E-state index contributed by atoms with van der Waals surface area (Å²) in [6.07, 6.45) is 8.17. The maximum Gasteiger partial charge on any atom is 0.225 e. The van der Waals surface area contributed by atoms with Crippen molar-refractivity contribution in [2.75, 3.05) is 11.9 Å². The van der Waals surface area contributed by atoms with Crippen molar-refractivity contribution < 1.29 is 4.74 Å². The maximum atomic E-state index is 5.47. The number of ether oxygens (including phenoxy) is 1. The molecule has 3 aromatic rings. The van der Waals surface area contributed by atoms with Crippen molar-refractivity contribution >= 4 is 17.1 Å². The van der Waals surface area contributed by atoms with Gasteiger partial charge in [-0.3, -0.25) is 0 Å². The maximum absolute atomic E-state index is 5.47. The molecule has 1 aliphatic rings. The third-order valence-electron chi connectivity index (χ3n) is 3.91. The van der Waals surface area contributed by atoms with Gasteiger partial charge in [0.25, 0.3) is 0 Å². The molecular weight excluding hydrogens is 304 g/mol. The third-order valence-corrected chi connectivity index (χ3v) is 3.91. The lowest BCUT2D eigenvalue weighted by atomic mass is 10.3. The van der Waals surface area contributed by atoms with Crippen molar-refractivity contribution in [2.24, 2.45) is 0 Å². The summed E-state index contributed by atoms with van der Waals surface area (Å²) in [5.41, 5.74) is 2.22. The first-order valence-electron chi connectivity index (χ1n) is 8.08. The molecule has 7 heteroatoms. The second kappa shape index (κ2) is 6.27. The van der Waals surface area contributed by atoms with Crippen LogP contribution < -0.4 is 10.1 Å². The number of rotatable bonds is 5. The summed E-state index contributed by atoms with van der Waals surface area (Å²) in [7, 11) is 0. The Balaban J connectivity index is 1.66. The standard InChI is InChI=1S/C17H18N6O/c1-2-24-14-9-7-13(8-10-14)23-16-15(21-22-23)11-18-17(20-16)19-12-5-3-4-6-12/h3,5,7-12H,2,4,6H2,1H3,(H,18,19,20)/t12-/m1/s1. The molecule has 0 fully saturated rings. The second-order valence-electron chi connectivity index (χ2n) is 5.59. The van der Waals surface area contributed by atoms with Crippen LogP contribution >= 0.6 is 0 Å².